The molecule has 7 heteroatoms. The number of amides is 2. The van der Waals surface area contributed by atoms with Crippen LogP contribution in [-0.2, 0) is 4.79 Å². The lowest BCUT2D eigenvalue weighted by Crippen LogP contribution is -2.32. The Labute approximate surface area is 118 Å². The molecule has 2 amide bonds. The van der Waals surface area contributed by atoms with Gasteiger partial charge in [-0.1, -0.05) is 11.6 Å². The highest BCUT2D eigenvalue weighted by Gasteiger charge is 2.09. The van der Waals surface area contributed by atoms with Crippen LogP contribution in [0.25, 0.3) is 0 Å². The van der Waals surface area contributed by atoms with E-state index in [1.54, 1.807) is 0 Å². The van der Waals surface area contributed by atoms with E-state index in [-0.39, 0.29) is 11.6 Å². The van der Waals surface area contributed by atoms with Crippen LogP contribution < -0.4 is 10.6 Å². The van der Waals surface area contributed by atoms with Crippen molar-refractivity contribution in [2.45, 2.75) is 0 Å². The van der Waals surface area contributed by atoms with Crippen molar-refractivity contribution in [1.82, 2.24) is 5.32 Å². The van der Waals surface area contributed by atoms with Gasteiger partial charge in [0.1, 0.15) is 12.1 Å². The van der Waals surface area contributed by atoms with Crippen LogP contribution in [0.15, 0.2) is 41.2 Å². The van der Waals surface area contributed by atoms with E-state index >= 15 is 0 Å². The van der Waals surface area contributed by atoms with Gasteiger partial charge in [0.15, 0.2) is 0 Å². The maximum atomic E-state index is 12.9. The second-order valence-corrected chi connectivity index (χ2v) is 4.28. The molecule has 0 unspecified atom stereocenters. The molecule has 2 aromatic rings. The Kier molecular flexibility index (Phi) is 4.37. The maximum absolute atomic E-state index is 12.9. The molecule has 1 aromatic carbocycles. The van der Waals surface area contributed by atoms with E-state index in [9.17, 15) is 14.0 Å². The molecule has 2 rings (SSSR count). The van der Waals surface area contributed by atoms with Gasteiger partial charge in [0, 0.05) is 5.69 Å². The Morgan fingerprint density at radius 3 is 2.75 bits per heavy atom. The third-order valence-corrected chi connectivity index (χ3v) is 2.69. The van der Waals surface area contributed by atoms with Crippen molar-refractivity contribution in [3.8, 4) is 0 Å². The number of halogens is 2. The summed E-state index contributed by atoms with van der Waals surface area (Å²) in [5.74, 6) is -1.45. The van der Waals surface area contributed by atoms with Gasteiger partial charge in [-0.05, 0) is 24.3 Å². The fourth-order valence-corrected chi connectivity index (χ4v) is 1.62. The lowest BCUT2D eigenvalue weighted by Gasteiger charge is -2.06. The van der Waals surface area contributed by atoms with Crippen molar-refractivity contribution in [2.75, 3.05) is 11.9 Å². The first-order chi connectivity index (χ1) is 9.56. The molecule has 0 bridgehead atoms. The molecule has 104 valence electrons. The molecule has 1 aromatic heterocycles. The molecule has 2 N–H and O–H groups in total. The second-order valence-electron chi connectivity index (χ2n) is 3.87. The van der Waals surface area contributed by atoms with Crippen molar-refractivity contribution in [2.24, 2.45) is 0 Å². The van der Waals surface area contributed by atoms with Gasteiger partial charge in [-0.15, -0.1) is 0 Å². The predicted octanol–water partition coefficient (Wildman–Crippen LogP) is 2.44. The monoisotopic (exact) mass is 296 g/mol. The van der Waals surface area contributed by atoms with Gasteiger partial charge in [-0.2, -0.15) is 0 Å². The molecule has 0 saturated carbocycles. The number of carbonyl (C=O) groups excluding carboxylic acids is 2. The molecule has 0 fully saturated rings. The molecule has 0 aliphatic heterocycles. The summed E-state index contributed by atoms with van der Waals surface area (Å²) in [5.41, 5.74) is 0.668. The van der Waals surface area contributed by atoms with Crippen LogP contribution in [0, 0.1) is 5.82 Å². The Morgan fingerprint density at radius 1 is 1.30 bits per heavy atom. The molecular weight excluding hydrogens is 287 g/mol. The van der Waals surface area contributed by atoms with E-state index in [4.69, 9.17) is 16.0 Å². The van der Waals surface area contributed by atoms with Gasteiger partial charge in [0.05, 0.1) is 23.4 Å². The zero-order valence-corrected chi connectivity index (χ0v) is 10.9. The maximum Gasteiger partial charge on any atom is 0.254 e. The third kappa shape index (κ3) is 3.58. The van der Waals surface area contributed by atoms with Crippen LogP contribution in [0.4, 0.5) is 10.1 Å². The van der Waals surface area contributed by atoms with E-state index in [0.717, 1.165) is 6.07 Å². The summed E-state index contributed by atoms with van der Waals surface area (Å²) in [7, 11) is 0. The number of hydrogen-bond acceptors (Lipinski definition) is 3. The zero-order chi connectivity index (χ0) is 14.5. The van der Waals surface area contributed by atoms with Crippen LogP contribution in [0.5, 0.6) is 0 Å². The summed E-state index contributed by atoms with van der Waals surface area (Å²) in [5, 5.41) is 4.80. The normalized spacial score (nSPS) is 10.1. The summed E-state index contributed by atoms with van der Waals surface area (Å²) in [6.07, 6.45) is 2.63. The molecule has 1 heterocycles. The van der Waals surface area contributed by atoms with Gasteiger partial charge in [-0.3, -0.25) is 9.59 Å². The minimum atomic E-state index is -0.571. The van der Waals surface area contributed by atoms with E-state index in [1.807, 2.05) is 0 Å². The van der Waals surface area contributed by atoms with E-state index in [0.29, 0.717) is 11.3 Å². The minimum Gasteiger partial charge on any atom is -0.472 e. The lowest BCUT2D eigenvalue weighted by atomic mass is 10.3. The van der Waals surface area contributed by atoms with Gasteiger partial charge < -0.3 is 15.1 Å². The molecule has 20 heavy (non-hydrogen) atoms. The SMILES string of the molecule is O=C(CNC(=O)c1ccoc1)Nc1ccc(F)c(Cl)c1. The van der Waals surface area contributed by atoms with Crippen LogP contribution in [0.3, 0.4) is 0 Å². The van der Waals surface area contributed by atoms with Gasteiger partial charge in [0.2, 0.25) is 5.91 Å². The van der Waals surface area contributed by atoms with Crippen LogP contribution in [0.1, 0.15) is 10.4 Å². The molecule has 0 saturated heterocycles. The minimum absolute atomic E-state index is 0.0924. The van der Waals surface area contributed by atoms with Gasteiger partial charge in [0.25, 0.3) is 5.91 Å². The Morgan fingerprint density at radius 2 is 2.10 bits per heavy atom. The molecule has 0 aliphatic carbocycles. The van der Waals surface area contributed by atoms with Crippen molar-refractivity contribution >= 4 is 29.1 Å². The number of furan rings is 1. The summed E-state index contributed by atoms with van der Waals surface area (Å²) in [6.45, 7) is -0.223. The summed E-state index contributed by atoms with van der Waals surface area (Å²) in [6, 6.07) is 5.28. The molecule has 0 aliphatic rings. The van der Waals surface area contributed by atoms with Crippen LogP contribution in [-0.4, -0.2) is 18.4 Å². The average molecular weight is 297 g/mol. The first-order valence-electron chi connectivity index (χ1n) is 5.61. The smallest absolute Gasteiger partial charge is 0.254 e. The zero-order valence-electron chi connectivity index (χ0n) is 10.2. The number of carbonyl (C=O) groups is 2. The van der Waals surface area contributed by atoms with E-state index in [1.165, 1.54) is 30.7 Å². The summed E-state index contributed by atoms with van der Waals surface area (Å²) < 4.78 is 17.7. The van der Waals surface area contributed by atoms with Crippen LogP contribution in [0.2, 0.25) is 5.02 Å². The Hall–Kier alpha value is -2.34. The largest absolute Gasteiger partial charge is 0.472 e. The molecule has 5 nitrogen and oxygen atoms in total. The van der Waals surface area contributed by atoms with Gasteiger partial charge in [-0.25, -0.2) is 4.39 Å². The summed E-state index contributed by atoms with van der Waals surface area (Å²) >= 11 is 5.59. The lowest BCUT2D eigenvalue weighted by molar-refractivity contribution is -0.115. The van der Waals surface area contributed by atoms with E-state index in [2.05, 4.69) is 10.6 Å². The fourth-order valence-electron chi connectivity index (χ4n) is 1.44. The standard InChI is InChI=1S/C13H10ClFN2O3/c14-10-5-9(1-2-11(10)15)17-12(18)6-16-13(19)8-3-4-20-7-8/h1-5,7H,6H2,(H,16,19)(H,17,18). The predicted molar refractivity (Wildman–Crippen MR) is 71.1 cm³/mol. The highest BCUT2D eigenvalue weighted by Crippen LogP contribution is 2.19. The summed E-state index contributed by atoms with van der Waals surface area (Å²) in [4.78, 5) is 23.1. The number of benzene rings is 1. The van der Waals surface area contributed by atoms with Crippen molar-refractivity contribution in [1.29, 1.82) is 0 Å². The average Bonchev–Trinajstić information content (AvgIpc) is 2.94. The number of anilines is 1. The highest BCUT2D eigenvalue weighted by atomic mass is 35.5. The van der Waals surface area contributed by atoms with Crippen LogP contribution >= 0.6 is 11.6 Å². The number of nitrogens with one attached hydrogen (secondary N) is 2. The molecule has 0 atom stereocenters. The first kappa shape index (κ1) is 14.1. The number of hydrogen-bond donors (Lipinski definition) is 2. The van der Waals surface area contributed by atoms with Crippen molar-refractivity contribution in [3.63, 3.8) is 0 Å². The van der Waals surface area contributed by atoms with Crippen molar-refractivity contribution in [3.05, 3.63) is 53.2 Å². The second kappa shape index (κ2) is 6.21. The quantitative estimate of drug-likeness (QED) is 0.910. The molecular formula is C13H10ClFN2O3. The first-order valence-corrected chi connectivity index (χ1v) is 5.99. The number of rotatable bonds is 4. The molecule has 0 spiro atoms. The Bertz CT molecular complexity index is 629. The highest BCUT2D eigenvalue weighted by molar-refractivity contribution is 6.31. The van der Waals surface area contributed by atoms with Gasteiger partial charge >= 0.3 is 0 Å². The fraction of sp³-hybridized carbons (Fsp3) is 0.0769. The van der Waals surface area contributed by atoms with Crippen molar-refractivity contribution < 1.29 is 18.4 Å². The molecule has 0 radical (unpaired) electrons. The third-order valence-electron chi connectivity index (χ3n) is 2.40. The topological polar surface area (TPSA) is 71.3 Å². The van der Waals surface area contributed by atoms with E-state index < -0.39 is 17.6 Å². The Balaban J connectivity index is 1.86.